The molecule has 3 heterocycles. The third kappa shape index (κ3) is 3.32. The van der Waals surface area contributed by atoms with Crippen LogP contribution in [0.15, 0.2) is 24.4 Å². The van der Waals surface area contributed by atoms with Crippen molar-refractivity contribution < 1.29 is 4.79 Å². The number of hydrogen-bond donors (Lipinski definition) is 2. The smallest absolute Gasteiger partial charge is 0.227 e. The summed E-state index contributed by atoms with van der Waals surface area (Å²) in [7, 11) is 1.81. The van der Waals surface area contributed by atoms with Gasteiger partial charge in [-0.15, -0.1) is 0 Å². The lowest BCUT2D eigenvalue weighted by Gasteiger charge is -2.28. The maximum absolute atomic E-state index is 11.8. The molecular formula is C18H21ClN6O. The highest BCUT2D eigenvalue weighted by Gasteiger charge is 2.21. The molecule has 0 atom stereocenters. The molecule has 1 aromatic heterocycles. The van der Waals surface area contributed by atoms with Crippen molar-refractivity contribution in [3.8, 4) is 0 Å². The number of hydrogen-bond acceptors (Lipinski definition) is 6. The highest BCUT2D eigenvalue weighted by Crippen LogP contribution is 2.31. The Kier molecular flexibility index (Phi) is 4.65. The highest BCUT2D eigenvalue weighted by atomic mass is 35.5. The summed E-state index contributed by atoms with van der Waals surface area (Å²) >= 11 is 6.30. The van der Waals surface area contributed by atoms with Crippen molar-refractivity contribution in [2.75, 3.05) is 48.3 Å². The summed E-state index contributed by atoms with van der Waals surface area (Å²) in [5.74, 6) is 1.43. The minimum atomic E-state index is 0.151. The van der Waals surface area contributed by atoms with Gasteiger partial charge in [0.25, 0.3) is 0 Å². The number of halogens is 1. The maximum atomic E-state index is 11.8. The summed E-state index contributed by atoms with van der Waals surface area (Å²) in [5, 5.41) is 7.10. The summed E-state index contributed by atoms with van der Waals surface area (Å²) in [6.07, 6.45) is 2.92. The zero-order valence-electron chi connectivity index (χ0n) is 14.6. The van der Waals surface area contributed by atoms with Gasteiger partial charge < -0.3 is 20.4 Å². The number of carbonyl (C=O) groups is 1. The molecule has 0 saturated carbocycles. The summed E-state index contributed by atoms with van der Waals surface area (Å²) in [6.45, 7) is 3.60. The van der Waals surface area contributed by atoms with Crippen LogP contribution in [0.4, 0.5) is 23.1 Å². The fraction of sp³-hybridized carbons (Fsp3) is 0.389. The van der Waals surface area contributed by atoms with Gasteiger partial charge in [-0.1, -0.05) is 11.6 Å². The Morgan fingerprint density at radius 2 is 2.04 bits per heavy atom. The van der Waals surface area contributed by atoms with Crippen LogP contribution < -0.4 is 20.4 Å². The van der Waals surface area contributed by atoms with E-state index >= 15 is 0 Å². The van der Waals surface area contributed by atoms with E-state index in [1.165, 1.54) is 0 Å². The molecule has 136 valence electrons. The summed E-state index contributed by atoms with van der Waals surface area (Å²) < 4.78 is 0. The molecule has 0 radical (unpaired) electrons. The Morgan fingerprint density at radius 3 is 2.85 bits per heavy atom. The molecular weight excluding hydrogens is 352 g/mol. The van der Waals surface area contributed by atoms with E-state index in [1.54, 1.807) is 11.1 Å². The molecule has 4 rings (SSSR count). The Balaban J connectivity index is 1.58. The number of rotatable bonds is 3. The first-order valence-corrected chi connectivity index (χ1v) is 9.14. The molecule has 0 bridgehead atoms. The molecule has 7 nitrogen and oxygen atoms in total. The number of anilines is 4. The van der Waals surface area contributed by atoms with E-state index in [1.807, 2.05) is 19.2 Å². The molecule has 0 spiro atoms. The summed E-state index contributed by atoms with van der Waals surface area (Å²) in [6, 6.07) is 5.96. The second-order valence-electron chi connectivity index (χ2n) is 6.52. The molecule has 1 fully saturated rings. The number of fused-ring (bicyclic) bond motifs is 1. The fourth-order valence-corrected chi connectivity index (χ4v) is 3.47. The molecule has 2 N–H and O–H groups in total. The number of aryl methyl sites for hydroxylation is 1. The number of benzene rings is 1. The van der Waals surface area contributed by atoms with Gasteiger partial charge in [0, 0.05) is 51.0 Å². The third-order valence-electron chi connectivity index (χ3n) is 4.82. The highest BCUT2D eigenvalue weighted by molar-refractivity contribution is 6.32. The first kappa shape index (κ1) is 17.1. The molecule has 8 heteroatoms. The van der Waals surface area contributed by atoms with Crippen LogP contribution in [0.2, 0.25) is 5.02 Å². The fourth-order valence-electron chi connectivity index (χ4n) is 3.33. The van der Waals surface area contributed by atoms with E-state index in [0.29, 0.717) is 23.2 Å². The van der Waals surface area contributed by atoms with E-state index in [4.69, 9.17) is 11.6 Å². The monoisotopic (exact) mass is 372 g/mol. The number of aromatic nitrogens is 2. The molecule has 0 unspecified atom stereocenters. The Hall–Kier alpha value is -2.38. The average molecular weight is 373 g/mol. The van der Waals surface area contributed by atoms with Crippen molar-refractivity contribution >= 4 is 40.6 Å². The van der Waals surface area contributed by atoms with Crippen molar-refractivity contribution in [3.05, 3.63) is 35.0 Å². The van der Waals surface area contributed by atoms with Crippen LogP contribution in [0.25, 0.3) is 0 Å². The predicted octanol–water partition coefficient (Wildman–Crippen LogP) is 2.19. The van der Waals surface area contributed by atoms with Gasteiger partial charge in [-0.25, -0.2) is 4.98 Å². The second kappa shape index (κ2) is 7.09. The first-order chi connectivity index (χ1) is 12.6. The molecule has 2 aliphatic heterocycles. The topological polar surface area (TPSA) is 73.4 Å². The van der Waals surface area contributed by atoms with Gasteiger partial charge in [-0.2, -0.15) is 4.98 Å². The van der Waals surface area contributed by atoms with E-state index in [9.17, 15) is 4.79 Å². The van der Waals surface area contributed by atoms with Crippen LogP contribution in [-0.4, -0.2) is 49.1 Å². The zero-order chi connectivity index (χ0) is 18.1. The van der Waals surface area contributed by atoms with Crippen LogP contribution in [0.5, 0.6) is 0 Å². The van der Waals surface area contributed by atoms with E-state index in [0.717, 1.165) is 49.5 Å². The van der Waals surface area contributed by atoms with E-state index < -0.39 is 0 Å². The van der Waals surface area contributed by atoms with Gasteiger partial charge in [-0.3, -0.25) is 4.79 Å². The Labute approximate surface area is 157 Å². The Bertz CT molecular complexity index is 836. The van der Waals surface area contributed by atoms with Crippen LogP contribution in [-0.2, 0) is 11.2 Å². The summed E-state index contributed by atoms with van der Waals surface area (Å²) in [4.78, 5) is 24.7. The molecule has 2 aliphatic rings. The minimum absolute atomic E-state index is 0.151. The first-order valence-electron chi connectivity index (χ1n) is 8.76. The van der Waals surface area contributed by atoms with Crippen LogP contribution >= 0.6 is 11.6 Å². The van der Waals surface area contributed by atoms with Crippen molar-refractivity contribution in [2.24, 2.45) is 0 Å². The van der Waals surface area contributed by atoms with Gasteiger partial charge in [0.1, 0.15) is 5.02 Å². The van der Waals surface area contributed by atoms with Gasteiger partial charge in [0.2, 0.25) is 11.9 Å². The van der Waals surface area contributed by atoms with Crippen molar-refractivity contribution in [1.29, 1.82) is 0 Å². The van der Waals surface area contributed by atoms with Crippen molar-refractivity contribution in [1.82, 2.24) is 15.3 Å². The van der Waals surface area contributed by atoms with E-state index in [-0.39, 0.29) is 5.91 Å². The standard InChI is InChI=1S/C18H21ClN6O/c1-24-15-4-3-13(10-12(15)2-5-16(24)26)22-17-14(19)11-21-18(23-17)25-8-6-20-7-9-25/h3-4,10-11,20H,2,5-9H2,1H3,(H,21,22,23). The van der Waals surface area contributed by atoms with Crippen molar-refractivity contribution in [3.63, 3.8) is 0 Å². The lowest BCUT2D eigenvalue weighted by molar-refractivity contribution is -0.118. The van der Waals surface area contributed by atoms with Gasteiger partial charge in [0.05, 0.1) is 6.20 Å². The SMILES string of the molecule is CN1C(=O)CCc2cc(Nc3nc(N4CCNCC4)ncc3Cl)ccc21. The van der Waals surface area contributed by atoms with Crippen LogP contribution in [0.1, 0.15) is 12.0 Å². The molecule has 1 amide bonds. The number of nitrogens with one attached hydrogen (secondary N) is 2. The normalized spacial score (nSPS) is 17.2. The van der Waals surface area contributed by atoms with E-state index in [2.05, 4.69) is 31.6 Å². The average Bonchev–Trinajstić information content (AvgIpc) is 2.67. The molecule has 1 saturated heterocycles. The lowest BCUT2D eigenvalue weighted by Crippen LogP contribution is -2.44. The number of amides is 1. The van der Waals surface area contributed by atoms with Crippen LogP contribution in [0, 0.1) is 0 Å². The van der Waals surface area contributed by atoms with Crippen LogP contribution in [0.3, 0.4) is 0 Å². The maximum Gasteiger partial charge on any atom is 0.227 e. The third-order valence-corrected chi connectivity index (χ3v) is 5.09. The molecule has 2 aromatic rings. The lowest BCUT2D eigenvalue weighted by atomic mass is 10.0. The van der Waals surface area contributed by atoms with Crippen molar-refractivity contribution in [2.45, 2.75) is 12.8 Å². The number of carbonyl (C=O) groups excluding carboxylic acids is 1. The summed E-state index contributed by atoms with van der Waals surface area (Å²) in [5.41, 5.74) is 3.00. The van der Waals surface area contributed by atoms with Gasteiger partial charge in [-0.05, 0) is 30.2 Å². The largest absolute Gasteiger partial charge is 0.339 e. The van der Waals surface area contributed by atoms with Gasteiger partial charge in [0.15, 0.2) is 5.82 Å². The number of nitrogens with zero attached hydrogens (tertiary/aromatic N) is 4. The minimum Gasteiger partial charge on any atom is -0.339 e. The Morgan fingerprint density at radius 1 is 1.23 bits per heavy atom. The van der Waals surface area contributed by atoms with Gasteiger partial charge >= 0.3 is 0 Å². The zero-order valence-corrected chi connectivity index (χ0v) is 15.4. The number of piperazine rings is 1. The second-order valence-corrected chi connectivity index (χ2v) is 6.93. The molecule has 1 aromatic carbocycles. The molecule has 0 aliphatic carbocycles. The predicted molar refractivity (Wildman–Crippen MR) is 104 cm³/mol. The molecule has 26 heavy (non-hydrogen) atoms. The quantitative estimate of drug-likeness (QED) is 0.860.